The number of carboxylic acid groups (broad SMARTS) is 1. The Kier molecular flexibility index (Phi) is 9.43. The minimum absolute atomic E-state index is 0.00327. The highest BCUT2D eigenvalue weighted by Gasteiger charge is 2.03. The number of aliphatic carboxylic acids is 1. The molecule has 1 atom stereocenters. The molecule has 0 bridgehead atoms. The van der Waals surface area contributed by atoms with Crippen LogP contribution in [0.2, 0.25) is 0 Å². The average Bonchev–Trinajstić information content (AvgIpc) is 2.30. The largest absolute Gasteiger partial charge is 0.481 e. The van der Waals surface area contributed by atoms with Crippen LogP contribution in [0.1, 0.15) is 46.0 Å². The molecule has 17 heavy (non-hydrogen) atoms. The molecule has 0 aliphatic heterocycles. The zero-order valence-electron chi connectivity index (χ0n) is 10.8. The van der Waals surface area contributed by atoms with Gasteiger partial charge in [0.05, 0.1) is 6.54 Å². The summed E-state index contributed by atoms with van der Waals surface area (Å²) in [7, 11) is 0. The van der Waals surface area contributed by atoms with Crippen molar-refractivity contribution < 1.29 is 14.7 Å². The van der Waals surface area contributed by atoms with E-state index in [0.29, 0.717) is 25.6 Å². The van der Waals surface area contributed by atoms with E-state index in [9.17, 15) is 9.59 Å². The van der Waals surface area contributed by atoms with Crippen LogP contribution in [0.15, 0.2) is 0 Å². The minimum atomic E-state index is -0.758. The van der Waals surface area contributed by atoms with E-state index in [2.05, 4.69) is 17.6 Å². The van der Waals surface area contributed by atoms with Crippen molar-refractivity contribution in [3.05, 3.63) is 0 Å². The summed E-state index contributed by atoms with van der Waals surface area (Å²) in [6, 6.07) is 0.358. The third-order valence-electron chi connectivity index (χ3n) is 2.61. The van der Waals surface area contributed by atoms with E-state index in [4.69, 9.17) is 5.11 Å². The Hall–Kier alpha value is -1.10. The van der Waals surface area contributed by atoms with Gasteiger partial charge in [-0.15, -0.1) is 0 Å². The first-order valence-corrected chi connectivity index (χ1v) is 6.28. The summed E-state index contributed by atoms with van der Waals surface area (Å²) in [5, 5.41) is 14.3. The molecule has 0 fully saturated rings. The summed E-state index contributed by atoms with van der Waals surface area (Å²) in [4.78, 5) is 21.6. The summed E-state index contributed by atoms with van der Waals surface area (Å²) < 4.78 is 0. The fourth-order valence-electron chi connectivity index (χ4n) is 1.28. The van der Waals surface area contributed by atoms with Crippen LogP contribution < -0.4 is 10.6 Å². The highest BCUT2D eigenvalue weighted by molar-refractivity contribution is 5.77. The van der Waals surface area contributed by atoms with Crippen molar-refractivity contribution in [2.75, 3.05) is 13.1 Å². The Labute approximate surface area is 103 Å². The van der Waals surface area contributed by atoms with Gasteiger partial charge in [-0.25, -0.2) is 0 Å². The molecular formula is C12H24N2O3. The molecule has 5 nitrogen and oxygen atoms in total. The van der Waals surface area contributed by atoms with E-state index in [1.807, 2.05) is 6.92 Å². The first-order chi connectivity index (χ1) is 8.06. The highest BCUT2D eigenvalue weighted by atomic mass is 16.4. The topological polar surface area (TPSA) is 78.4 Å². The van der Waals surface area contributed by atoms with E-state index < -0.39 is 5.97 Å². The van der Waals surface area contributed by atoms with Crippen molar-refractivity contribution in [2.24, 2.45) is 0 Å². The van der Waals surface area contributed by atoms with E-state index in [-0.39, 0.29) is 12.3 Å². The molecule has 0 aromatic heterocycles. The quantitative estimate of drug-likeness (QED) is 0.503. The Balaban J connectivity index is 3.30. The third kappa shape index (κ3) is 11.2. The highest BCUT2D eigenvalue weighted by Crippen LogP contribution is 1.98. The van der Waals surface area contributed by atoms with Crippen LogP contribution in [0.3, 0.4) is 0 Å². The van der Waals surface area contributed by atoms with Gasteiger partial charge in [-0.3, -0.25) is 9.59 Å². The molecule has 0 aliphatic carbocycles. The maximum absolute atomic E-state index is 11.3. The summed E-state index contributed by atoms with van der Waals surface area (Å²) in [5.74, 6) is -0.754. The van der Waals surface area contributed by atoms with Gasteiger partial charge in [-0.05, 0) is 26.2 Å². The molecule has 0 saturated heterocycles. The van der Waals surface area contributed by atoms with Crippen LogP contribution >= 0.6 is 0 Å². The van der Waals surface area contributed by atoms with Gasteiger partial charge in [0.1, 0.15) is 0 Å². The molecule has 0 spiro atoms. The summed E-state index contributed by atoms with van der Waals surface area (Å²) in [5.41, 5.74) is 0. The average molecular weight is 244 g/mol. The van der Waals surface area contributed by atoms with Gasteiger partial charge in [0.25, 0.3) is 0 Å². The monoisotopic (exact) mass is 244 g/mol. The Bertz CT molecular complexity index is 232. The van der Waals surface area contributed by atoms with Crippen molar-refractivity contribution >= 4 is 11.9 Å². The van der Waals surface area contributed by atoms with Crippen molar-refractivity contribution in [2.45, 2.75) is 52.0 Å². The van der Waals surface area contributed by atoms with E-state index in [0.717, 1.165) is 19.3 Å². The van der Waals surface area contributed by atoms with Crippen molar-refractivity contribution in [1.29, 1.82) is 0 Å². The lowest BCUT2D eigenvalue weighted by Gasteiger charge is -2.11. The number of carbonyl (C=O) groups excluding carboxylic acids is 1. The second kappa shape index (κ2) is 10.1. The fourth-order valence-corrected chi connectivity index (χ4v) is 1.28. The SMILES string of the molecule is CCC(C)NCC(=O)NCCCCCC(=O)O. The summed E-state index contributed by atoms with van der Waals surface area (Å²) >= 11 is 0. The van der Waals surface area contributed by atoms with Crippen LogP contribution in [0, 0.1) is 0 Å². The molecule has 0 heterocycles. The Morgan fingerprint density at radius 1 is 1.24 bits per heavy atom. The van der Waals surface area contributed by atoms with Crippen LogP contribution in [0.5, 0.6) is 0 Å². The molecule has 1 amide bonds. The van der Waals surface area contributed by atoms with Gasteiger partial charge >= 0.3 is 5.97 Å². The van der Waals surface area contributed by atoms with Crippen molar-refractivity contribution in [1.82, 2.24) is 10.6 Å². The molecule has 100 valence electrons. The molecule has 3 N–H and O–H groups in total. The number of hydrogen-bond acceptors (Lipinski definition) is 3. The first-order valence-electron chi connectivity index (χ1n) is 6.28. The molecule has 0 radical (unpaired) electrons. The van der Waals surface area contributed by atoms with Gasteiger partial charge in [-0.1, -0.05) is 13.3 Å². The first kappa shape index (κ1) is 15.9. The number of carbonyl (C=O) groups is 2. The number of carboxylic acids is 1. The van der Waals surface area contributed by atoms with E-state index >= 15 is 0 Å². The van der Waals surface area contributed by atoms with Crippen LogP contribution in [0.25, 0.3) is 0 Å². The molecule has 5 heteroatoms. The third-order valence-corrected chi connectivity index (χ3v) is 2.61. The molecular weight excluding hydrogens is 220 g/mol. The van der Waals surface area contributed by atoms with Gasteiger partial charge in [0.2, 0.25) is 5.91 Å². The lowest BCUT2D eigenvalue weighted by atomic mass is 10.2. The van der Waals surface area contributed by atoms with Crippen molar-refractivity contribution in [3.63, 3.8) is 0 Å². The van der Waals surface area contributed by atoms with Crippen LogP contribution in [0.4, 0.5) is 0 Å². The van der Waals surface area contributed by atoms with E-state index in [1.54, 1.807) is 0 Å². The molecule has 1 unspecified atom stereocenters. The smallest absolute Gasteiger partial charge is 0.303 e. The lowest BCUT2D eigenvalue weighted by Crippen LogP contribution is -2.38. The number of amides is 1. The zero-order chi connectivity index (χ0) is 13.1. The fraction of sp³-hybridized carbons (Fsp3) is 0.833. The van der Waals surface area contributed by atoms with Gasteiger partial charge in [-0.2, -0.15) is 0 Å². The second-order valence-corrected chi connectivity index (χ2v) is 4.24. The molecule has 0 aromatic carbocycles. The Morgan fingerprint density at radius 2 is 1.94 bits per heavy atom. The molecule has 0 saturated carbocycles. The standard InChI is InChI=1S/C12H24N2O3/c1-3-10(2)14-9-11(15)13-8-6-4-5-7-12(16)17/h10,14H,3-9H2,1-2H3,(H,13,15)(H,16,17). The maximum Gasteiger partial charge on any atom is 0.303 e. The molecule has 0 aliphatic rings. The predicted molar refractivity (Wildman–Crippen MR) is 66.9 cm³/mol. The van der Waals surface area contributed by atoms with E-state index in [1.165, 1.54) is 0 Å². The van der Waals surface area contributed by atoms with Gasteiger partial charge in [0, 0.05) is 19.0 Å². The molecule has 0 rings (SSSR count). The van der Waals surface area contributed by atoms with Crippen LogP contribution in [-0.2, 0) is 9.59 Å². The minimum Gasteiger partial charge on any atom is -0.481 e. The molecule has 0 aromatic rings. The van der Waals surface area contributed by atoms with Crippen molar-refractivity contribution in [3.8, 4) is 0 Å². The zero-order valence-corrected chi connectivity index (χ0v) is 10.8. The number of unbranched alkanes of at least 4 members (excludes halogenated alkanes) is 2. The summed E-state index contributed by atoms with van der Waals surface area (Å²) in [6.45, 7) is 5.09. The lowest BCUT2D eigenvalue weighted by molar-refractivity contribution is -0.137. The number of rotatable bonds is 10. The van der Waals surface area contributed by atoms with Crippen LogP contribution in [-0.4, -0.2) is 36.1 Å². The normalized spacial score (nSPS) is 12.1. The van der Waals surface area contributed by atoms with Gasteiger partial charge < -0.3 is 15.7 Å². The van der Waals surface area contributed by atoms with Gasteiger partial charge in [0.15, 0.2) is 0 Å². The predicted octanol–water partition coefficient (Wildman–Crippen LogP) is 1.14. The Morgan fingerprint density at radius 3 is 2.53 bits per heavy atom. The number of hydrogen-bond donors (Lipinski definition) is 3. The second-order valence-electron chi connectivity index (χ2n) is 4.24. The maximum atomic E-state index is 11.3. The summed E-state index contributed by atoms with van der Waals surface area (Å²) in [6.07, 6.45) is 3.57. The number of nitrogens with one attached hydrogen (secondary N) is 2.